The summed E-state index contributed by atoms with van der Waals surface area (Å²) in [5, 5.41) is 17.6. The Morgan fingerprint density at radius 2 is 1.45 bits per heavy atom. The Balaban J connectivity index is 1.32. The first kappa shape index (κ1) is 29.1. The minimum atomic E-state index is -3.36. The van der Waals surface area contributed by atoms with Crippen LogP contribution in [0, 0.1) is 0 Å². The fourth-order valence-corrected chi connectivity index (χ4v) is 7.61. The number of nitrogens with zero attached hydrogens (tertiary/aromatic N) is 8. The highest BCUT2D eigenvalue weighted by Gasteiger charge is 2.37. The van der Waals surface area contributed by atoms with Crippen molar-refractivity contribution < 1.29 is 8.42 Å². The van der Waals surface area contributed by atoms with Gasteiger partial charge in [-0.05, 0) is 52.5 Å². The Labute approximate surface area is 229 Å². The SMILES string of the molecule is CCN1CCC(n2cc(C(C)(C)CCS(=O)(=O)N3CCC(n4cc(C(C)(C)C)nn4)CC3)nn2)CC1(C)C. The van der Waals surface area contributed by atoms with Gasteiger partial charge in [-0.3, -0.25) is 4.90 Å². The van der Waals surface area contributed by atoms with Gasteiger partial charge in [-0.25, -0.2) is 22.1 Å². The maximum atomic E-state index is 13.3. The molecule has 4 heterocycles. The van der Waals surface area contributed by atoms with Crippen molar-refractivity contribution in [3.8, 4) is 0 Å². The lowest BCUT2D eigenvalue weighted by Gasteiger charge is -2.45. The van der Waals surface area contributed by atoms with Crippen LogP contribution in [0.15, 0.2) is 12.4 Å². The molecule has 0 amide bonds. The molecular weight excluding hydrogens is 500 g/mol. The third-order valence-corrected chi connectivity index (χ3v) is 10.6. The number of hydrogen-bond donors (Lipinski definition) is 0. The lowest BCUT2D eigenvalue weighted by atomic mass is 9.86. The van der Waals surface area contributed by atoms with Gasteiger partial charge in [-0.1, -0.05) is 52.0 Å². The van der Waals surface area contributed by atoms with Crippen LogP contribution < -0.4 is 0 Å². The number of aromatic nitrogens is 6. The van der Waals surface area contributed by atoms with Gasteiger partial charge < -0.3 is 0 Å². The molecule has 10 nitrogen and oxygen atoms in total. The highest BCUT2D eigenvalue weighted by Crippen LogP contribution is 2.35. The third-order valence-electron chi connectivity index (χ3n) is 8.74. The van der Waals surface area contributed by atoms with Gasteiger partial charge in [0.05, 0.1) is 29.2 Å². The quantitative estimate of drug-likeness (QED) is 0.492. The topological polar surface area (TPSA) is 102 Å². The Hall–Kier alpha value is -1.85. The molecular formula is C27H48N8O2S. The number of sulfonamides is 1. The van der Waals surface area contributed by atoms with Crippen molar-refractivity contribution in [1.82, 2.24) is 39.2 Å². The van der Waals surface area contributed by atoms with Crippen molar-refractivity contribution in [3.05, 3.63) is 23.8 Å². The molecule has 2 aromatic heterocycles. The minimum absolute atomic E-state index is 0.0519. The molecule has 2 saturated heterocycles. The summed E-state index contributed by atoms with van der Waals surface area (Å²) in [6, 6.07) is 0.505. The van der Waals surface area contributed by atoms with Crippen LogP contribution in [-0.2, 0) is 20.9 Å². The lowest BCUT2D eigenvalue weighted by molar-refractivity contribution is 0.0513. The maximum absolute atomic E-state index is 13.3. The molecule has 0 radical (unpaired) electrons. The summed E-state index contributed by atoms with van der Waals surface area (Å²) in [4.78, 5) is 2.52. The summed E-state index contributed by atoms with van der Waals surface area (Å²) in [5.74, 6) is 0.108. The maximum Gasteiger partial charge on any atom is 0.214 e. The number of likely N-dealkylation sites (tertiary alicyclic amines) is 1. The van der Waals surface area contributed by atoms with Gasteiger partial charge in [-0.2, -0.15) is 0 Å². The highest BCUT2D eigenvalue weighted by atomic mass is 32.2. The molecule has 0 spiro atoms. The van der Waals surface area contributed by atoms with Crippen LogP contribution in [0.2, 0.25) is 0 Å². The van der Waals surface area contributed by atoms with Gasteiger partial charge in [0.2, 0.25) is 10.0 Å². The van der Waals surface area contributed by atoms with Crippen LogP contribution >= 0.6 is 0 Å². The van der Waals surface area contributed by atoms with Gasteiger partial charge in [-0.15, -0.1) is 10.2 Å². The van der Waals surface area contributed by atoms with E-state index in [0.29, 0.717) is 25.6 Å². The van der Waals surface area contributed by atoms with Crippen molar-refractivity contribution in [2.45, 2.75) is 116 Å². The lowest BCUT2D eigenvalue weighted by Crippen LogP contribution is -2.50. The number of rotatable bonds is 8. The fourth-order valence-electron chi connectivity index (χ4n) is 5.82. The molecule has 4 rings (SSSR count). The van der Waals surface area contributed by atoms with Gasteiger partial charge in [0.1, 0.15) is 0 Å². The van der Waals surface area contributed by atoms with E-state index >= 15 is 0 Å². The van der Waals surface area contributed by atoms with Gasteiger partial charge in [0, 0.05) is 48.4 Å². The van der Waals surface area contributed by atoms with E-state index in [-0.39, 0.29) is 28.2 Å². The molecule has 2 aromatic rings. The second-order valence-corrected chi connectivity index (χ2v) is 15.6. The third kappa shape index (κ3) is 6.31. The molecule has 11 heteroatoms. The first-order valence-electron chi connectivity index (χ1n) is 14.2. The van der Waals surface area contributed by atoms with Crippen molar-refractivity contribution in [1.29, 1.82) is 0 Å². The largest absolute Gasteiger partial charge is 0.298 e. The second-order valence-electron chi connectivity index (χ2n) is 13.5. The van der Waals surface area contributed by atoms with E-state index in [2.05, 4.69) is 80.9 Å². The minimum Gasteiger partial charge on any atom is -0.298 e. The Morgan fingerprint density at radius 3 is 2.00 bits per heavy atom. The molecule has 2 fully saturated rings. The zero-order valence-corrected chi connectivity index (χ0v) is 25.5. The van der Waals surface area contributed by atoms with Crippen LogP contribution in [0.3, 0.4) is 0 Å². The summed E-state index contributed by atoms with van der Waals surface area (Å²) in [6.45, 7) is 20.5. The Kier molecular flexibility index (Phi) is 8.14. The van der Waals surface area contributed by atoms with Crippen LogP contribution in [0.1, 0.15) is 111 Å². The predicted octanol–water partition coefficient (Wildman–Crippen LogP) is 3.94. The smallest absolute Gasteiger partial charge is 0.214 e. The molecule has 0 saturated carbocycles. The van der Waals surface area contributed by atoms with Crippen molar-refractivity contribution in [2.24, 2.45) is 0 Å². The zero-order valence-electron chi connectivity index (χ0n) is 24.7. The highest BCUT2D eigenvalue weighted by molar-refractivity contribution is 7.89. The summed E-state index contributed by atoms with van der Waals surface area (Å²) in [7, 11) is -3.36. The molecule has 214 valence electrons. The van der Waals surface area contributed by atoms with E-state index in [1.54, 1.807) is 4.31 Å². The monoisotopic (exact) mass is 548 g/mol. The summed E-state index contributed by atoms with van der Waals surface area (Å²) >= 11 is 0. The van der Waals surface area contributed by atoms with E-state index in [0.717, 1.165) is 50.2 Å². The van der Waals surface area contributed by atoms with Crippen molar-refractivity contribution >= 4 is 10.0 Å². The summed E-state index contributed by atoms with van der Waals surface area (Å²) in [6.07, 6.45) is 8.14. The molecule has 2 aliphatic rings. The molecule has 1 atom stereocenters. The Bertz CT molecular complexity index is 1190. The van der Waals surface area contributed by atoms with Crippen molar-refractivity contribution in [2.75, 3.05) is 31.9 Å². The summed E-state index contributed by atoms with van der Waals surface area (Å²) < 4.78 is 32.1. The standard InChI is InChI=1S/C27H48N8O2S/c1-9-32-14-10-22(18-27(32,7)8)35-20-24(29-31-35)26(5,6)13-17-38(36,37)33-15-11-21(12-16-33)34-19-23(28-30-34)25(2,3)4/h19-22H,9-18H2,1-8H3. The first-order chi connectivity index (χ1) is 17.6. The van der Waals surface area contributed by atoms with Crippen LogP contribution in [0.4, 0.5) is 0 Å². The Morgan fingerprint density at radius 1 is 0.895 bits per heavy atom. The fraction of sp³-hybridized carbons (Fsp3) is 0.852. The van der Waals surface area contributed by atoms with Gasteiger partial charge in [0.15, 0.2) is 0 Å². The van der Waals surface area contributed by atoms with E-state index in [1.165, 1.54) is 0 Å². The molecule has 0 N–H and O–H groups in total. The van der Waals surface area contributed by atoms with E-state index in [4.69, 9.17) is 0 Å². The first-order valence-corrected chi connectivity index (χ1v) is 15.8. The van der Waals surface area contributed by atoms with E-state index in [1.807, 2.05) is 21.8 Å². The molecule has 0 aromatic carbocycles. The average molecular weight is 549 g/mol. The predicted molar refractivity (Wildman–Crippen MR) is 150 cm³/mol. The number of hydrogen-bond acceptors (Lipinski definition) is 7. The van der Waals surface area contributed by atoms with Gasteiger partial charge in [0.25, 0.3) is 0 Å². The van der Waals surface area contributed by atoms with Crippen LogP contribution in [0.5, 0.6) is 0 Å². The van der Waals surface area contributed by atoms with Crippen LogP contribution in [-0.4, -0.2) is 85.1 Å². The molecule has 0 aliphatic carbocycles. The zero-order chi connectivity index (χ0) is 27.9. The van der Waals surface area contributed by atoms with Crippen molar-refractivity contribution in [3.63, 3.8) is 0 Å². The molecule has 1 unspecified atom stereocenters. The van der Waals surface area contributed by atoms with Crippen LogP contribution in [0.25, 0.3) is 0 Å². The molecule has 2 aliphatic heterocycles. The molecule has 0 bridgehead atoms. The van der Waals surface area contributed by atoms with E-state index < -0.39 is 10.0 Å². The summed E-state index contributed by atoms with van der Waals surface area (Å²) in [5.41, 5.74) is 1.52. The van der Waals surface area contributed by atoms with E-state index in [9.17, 15) is 8.42 Å². The average Bonchev–Trinajstić information content (AvgIpc) is 3.53. The second kappa shape index (κ2) is 10.6. The van der Waals surface area contributed by atoms with Gasteiger partial charge >= 0.3 is 0 Å². The normalized spacial score (nSPS) is 22.7. The number of piperidine rings is 2. The molecule has 38 heavy (non-hydrogen) atoms.